The summed E-state index contributed by atoms with van der Waals surface area (Å²) >= 11 is 0. The molecule has 0 saturated heterocycles. The van der Waals surface area contributed by atoms with Gasteiger partial charge in [-0.05, 0) is 35.7 Å². The Kier molecular flexibility index (Phi) is 5.20. The van der Waals surface area contributed by atoms with Crippen LogP contribution in [0.3, 0.4) is 0 Å². The second-order valence-corrected chi connectivity index (χ2v) is 4.16. The van der Waals surface area contributed by atoms with E-state index in [4.69, 9.17) is 4.74 Å². The molecule has 0 aliphatic heterocycles. The fourth-order valence-electron chi connectivity index (χ4n) is 1.29. The number of methoxy groups -OCH3 is 1. The average Bonchev–Trinajstić information content (AvgIpc) is 2.29. The van der Waals surface area contributed by atoms with Crippen molar-refractivity contribution in [2.24, 2.45) is 11.0 Å². The van der Waals surface area contributed by atoms with Gasteiger partial charge in [0.1, 0.15) is 5.75 Å². The quantitative estimate of drug-likeness (QED) is 0.627. The lowest BCUT2D eigenvalue weighted by Gasteiger charge is -2.02. The molecule has 17 heavy (non-hydrogen) atoms. The number of hydrogen-bond acceptors (Lipinski definition) is 3. The first-order valence-corrected chi connectivity index (χ1v) is 5.57. The normalized spacial score (nSPS) is 10.8. The molecule has 0 atom stereocenters. The van der Waals surface area contributed by atoms with E-state index >= 15 is 0 Å². The fourth-order valence-corrected chi connectivity index (χ4v) is 1.29. The predicted molar refractivity (Wildman–Crippen MR) is 68.2 cm³/mol. The minimum Gasteiger partial charge on any atom is -0.497 e. The second-order valence-electron chi connectivity index (χ2n) is 4.16. The van der Waals surface area contributed by atoms with Crippen molar-refractivity contribution >= 4 is 12.1 Å². The molecule has 1 aromatic rings. The summed E-state index contributed by atoms with van der Waals surface area (Å²) in [5.74, 6) is 1.07. The molecule has 0 aliphatic carbocycles. The van der Waals surface area contributed by atoms with Gasteiger partial charge in [-0.25, -0.2) is 5.43 Å². The molecule has 1 rings (SSSR count). The number of ether oxygens (including phenoxy) is 1. The van der Waals surface area contributed by atoms with E-state index in [-0.39, 0.29) is 5.91 Å². The number of nitrogens with one attached hydrogen (secondary N) is 1. The molecule has 0 fully saturated rings. The highest BCUT2D eigenvalue weighted by Crippen LogP contribution is 2.09. The average molecular weight is 234 g/mol. The molecule has 1 amide bonds. The zero-order chi connectivity index (χ0) is 12.7. The highest BCUT2D eigenvalue weighted by Gasteiger charge is 2.02. The molecule has 0 saturated carbocycles. The number of amides is 1. The van der Waals surface area contributed by atoms with Gasteiger partial charge in [0, 0.05) is 6.42 Å². The third-order valence-electron chi connectivity index (χ3n) is 2.11. The zero-order valence-electron chi connectivity index (χ0n) is 10.4. The summed E-state index contributed by atoms with van der Waals surface area (Å²) in [6, 6.07) is 7.43. The van der Waals surface area contributed by atoms with Gasteiger partial charge in [0.2, 0.25) is 5.91 Å². The van der Waals surface area contributed by atoms with Crippen LogP contribution < -0.4 is 10.2 Å². The van der Waals surface area contributed by atoms with Crippen molar-refractivity contribution in [1.29, 1.82) is 0 Å². The van der Waals surface area contributed by atoms with E-state index < -0.39 is 0 Å². The van der Waals surface area contributed by atoms with Crippen molar-refractivity contribution in [3.63, 3.8) is 0 Å². The summed E-state index contributed by atoms with van der Waals surface area (Å²) in [4.78, 5) is 11.3. The molecule has 0 spiro atoms. The molecule has 1 N–H and O–H groups in total. The van der Waals surface area contributed by atoms with Crippen LogP contribution in [0.2, 0.25) is 0 Å². The van der Waals surface area contributed by atoms with Crippen molar-refractivity contribution in [2.75, 3.05) is 7.11 Å². The van der Waals surface area contributed by atoms with Gasteiger partial charge in [-0.2, -0.15) is 5.10 Å². The first-order valence-electron chi connectivity index (χ1n) is 5.57. The van der Waals surface area contributed by atoms with Gasteiger partial charge in [-0.3, -0.25) is 4.79 Å². The topological polar surface area (TPSA) is 50.7 Å². The Balaban J connectivity index is 2.45. The highest BCUT2D eigenvalue weighted by atomic mass is 16.5. The molecule has 1 aromatic carbocycles. The Morgan fingerprint density at radius 3 is 2.59 bits per heavy atom. The third-order valence-corrected chi connectivity index (χ3v) is 2.11. The van der Waals surface area contributed by atoms with Crippen molar-refractivity contribution in [3.8, 4) is 5.75 Å². The van der Waals surface area contributed by atoms with E-state index in [0.717, 1.165) is 11.3 Å². The summed E-state index contributed by atoms with van der Waals surface area (Å²) in [5.41, 5.74) is 3.40. The SMILES string of the molecule is COc1ccc(C=NNC(=O)CC(C)C)cc1. The summed E-state index contributed by atoms with van der Waals surface area (Å²) in [7, 11) is 1.62. The Hall–Kier alpha value is -1.84. The Morgan fingerprint density at radius 1 is 1.41 bits per heavy atom. The number of nitrogens with zero attached hydrogens (tertiary/aromatic N) is 1. The molecule has 0 heterocycles. The van der Waals surface area contributed by atoms with E-state index in [2.05, 4.69) is 10.5 Å². The van der Waals surface area contributed by atoms with E-state index in [0.29, 0.717) is 12.3 Å². The van der Waals surface area contributed by atoms with Crippen LogP contribution in [0.15, 0.2) is 29.4 Å². The van der Waals surface area contributed by atoms with E-state index in [9.17, 15) is 4.79 Å². The van der Waals surface area contributed by atoms with Gasteiger partial charge in [0.15, 0.2) is 0 Å². The zero-order valence-corrected chi connectivity index (χ0v) is 10.4. The largest absolute Gasteiger partial charge is 0.497 e. The molecular formula is C13H18N2O2. The standard InChI is InChI=1S/C13H18N2O2/c1-10(2)8-13(16)15-14-9-11-4-6-12(17-3)7-5-11/h4-7,9-10H,8H2,1-3H3,(H,15,16). The Labute approximate surface area is 102 Å². The summed E-state index contributed by atoms with van der Waals surface area (Å²) in [5, 5.41) is 3.88. The van der Waals surface area contributed by atoms with Crippen LogP contribution in [-0.2, 0) is 4.79 Å². The van der Waals surface area contributed by atoms with Gasteiger partial charge < -0.3 is 4.74 Å². The van der Waals surface area contributed by atoms with Crippen LogP contribution in [0.1, 0.15) is 25.8 Å². The van der Waals surface area contributed by atoms with Gasteiger partial charge in [-0.1, -0.05) is 13.8 Å². The van der Waals surface area contributed by atoms with Crippen LogP contribution in [0, 0.1) is 5.92 Å². The van der Waals surface area contributed by atoms with Gasteiger partial charge >= 0.3 is 0 Å². The van der Waals surface area contributed by atoms with Crippen LogP contribution in [0.4, 0.5) is 0 Å². The minimum atomic E-state index is -0.0650. The number of rotatable bonds is 5. The minimum absolute atomic E-state index is 0.0650. The Bertz CT molecular complexity index is 383. The molecule has 4 heteroatoms. The predicted octanol–water partition coefficient (Wildman–Crippen LogP) is 2.19. The first-order chi connectivity index (χ1) is 8.11. The Morgan fingerprint density at radius 2 is 2.06 bits per heavy atom. The molecule has 0 unspecified atom stereocenters. The van der Waals surface area contributed by atoms with Crippen molar-refractivity contribution in [3.05, 3.63) is 29.8 Å². The number of benzene rings is 1. The monoisotopic (exact) mass is 234 g/mol. The molecule has 0 bridgehead atoms. The van der Waals surface area contributed by atoms with Crippen LogP contribution >= 0.6 is 0 Å². The van der Waals surface area contributed by atoms with Crippen LogP contribution in [-0.4, -0.2) is 19.2 Å². The van der Waals surface area contributed by atoms with Gasteiger partial charge in [-0.15, -0.1) is 0 Å². The fraction of sp³-hybridized carbons (Fsp3) is 0.385. The second kappa shape index (κ2) is 6.68. The van der Waals surface area contributed by atoms with Crippen molar-refractivity contribution < 1.29 is 9.53 Å². The smallest absolute Gasteiger partial charge is 0.240 e. The van der Waals surface area contributed by atoms with E-state index in [1.54, 1.807) is 13.3 Å². The van der Waals surface area contributed by atoms with Crippen molar-refractivity contribution in [1.82, 2.24) is 5.43 Å². The van der Waals surface area contributed by atoms with Crippen LogP contribution in [0.25, 0.3) is 0 Å². The lowest BCUT2D eigenvalue weighted by Crippen LogP contribution is -2.19. The maximum atomic E-state index is 11.3. The molecule has 0 radical (unpaired) electrons. The summed E-state index contributed by atoms with van der Waals surface area (Å²) < 4.78 is 5.04. The van der Waals surface area contributed by atoms with E-state index in [1.165, 1.54) is 0 Å². The van der Waals surface area contributed by atoms with Crippen LogP contribution in [0.5, 0.6) is 5.75 Å². The number of hydrazone groups is 1. The molecule has 0 aromatic heterocycles. The molecular weight excluding hydrogens is 216 g/mol. The maximum absolute atomic E-state index is 11.3. The number of carbonyl (C=O) groups is 1. The maximum Gasteiger partial charge on any atom is 0.240 e. The summed E-state index contributed by atoms with van der Waals surface area (Å²) in [6.45, 7) is 3.99. The number of carbonyl (C=O) groups excluding carboxylic acids is 1. The highest BCUT2D eigenvalue weighted by molar-refractivity contribution is 5.82. The number of hydrogen-bond donors (Lipinski definition) is 1. The first kappa shape index (κ1) is 13.2. The molecule has 4 nitrogen and oxygen atoms in total. The molecule has 92 valence electrons. The van der Waals surface area contributed by atoms with Gasteiger partial charge in [0.25, 0.3) is 0 Å². The lowest BCUT2D eigenvalue weighted by atomic mass is 10.1. The third kappa shape index (κ3) is 5.15. The van der Waals surface area contributed by atoms with Gasteiger partial charge in [0.05, 0.1) is 13.3 Å². The van der Waals surface area contributed by atoms with Crippen molar-refractivity contribution in [2.45, 2.75) is 20.3 Å². The van der Waals surface area contributed by atoms with E-state index in [1.807, 2.05) is 38.1 Å². The lowest BCUT2D eigenvalue weighted by molar-refractivity contribution is -0.121. The molecule has 0 aliphatic rings. The summed E-state index contributed by atoms with van der Waals surface area (Å²) in [6.07, 6.45) is 2.09.